The lowest BCUT2D eigenvalue weighted by Crippen LogP contribution is -2.14. The van der Waals surface area contributed by atoms with E-state index < -0.39 is 5.95 Å². The van der Waals surface area contributed by atoms with Crippen molar-refractivity contribution < 1.29 is 19.0 Å². The Labute approximate surface area is 219 Å². The van der Waals surface area contributed by atoms with E-state index in [-0.39, 0.29) is 16.2 Å². The molecule has 0 unspecified atom stereocenters. The summed E-state index contributed by atoms with van der Waals surface area (Å²) >= 11 is 1.16. The van der Waals surface area contributed by atoms with Crippen molar-refractivity contribution >= 4 is 11.8 Å². The van der Waals surface area contributed by atoms with Crippen LogP contribution in [0.25, 0.3) is 22.3 Å². The molecule has 4 rings (SSSR count). The molecule has 0 spiro atoms. The average Bonchev–Trinajstić information content (AvgIpc) is 2.91. The lowest BCUT2D eigenvalue weighted by Gasteiger charge is -2.19. The molecule has 0 aliphatic carbocycles. The molecule has 37 heavy (non-hydrogen) atoms. The number of aryl methyl sites for hydroxylation is 1. The summed E-state index contributed by atoms with van der Waals surface area (Å²) in [4.78, 5) is 20.7. The van der Waals surface area contributed by atoms with E-state index >= 15 is 0 Å². The number of hydrogen-bond donors (Lipinski definition) is 2. The van der Waals surface area contributed by atoms with Crippen LogP contribution in [0.4, 0.5) is 4.39 Å². The Hall–Kier alpha value is -3.78. The summed E-state index contributed by atoms with van der Waals surface area (Å²) in [6, 6.07) is 14.5. The SMILES string of the molecule is CCCCc1[nH]c(=O)c(Sc2ccc(-c3ccnc(F)c3C)cc2)c(O)c1-c1c(OC)cccc1OC. The summed E-state index contributed by atoms with van der Waals surface area (Å²) in [7, 11) is 3.11. The molecule has 2 aromatic carbocycles. The lowest BCUT2D eigenvalue weighted by molar-refractivity contribution is 0.396. The zero-order valence-corrected chi connectivity index (χ0v) is 22.0. The van der Waals surface area contributed by atoms with Crippen LogP contribution in [-0.2, 0) is 6.42 Å². The van der Waals surface area contributed by atoms with Gasteiger partial charge in [-0.2, -0.15) is 4.39 Å². The van der Waals surface area contributed by atoms with Crippen molar-refractivity contribution in [3.05, 3.63) is 82.3 Å². The fourth-order valence-corrected chi connectivity index (χ4v) is 5.12. The Bertz CT molecular complexity index is 1450. The average molecular weight is 521 g/mol. The number of methoxy groups -OCH3 is 2. The van der Waals surface area contributed by atoms with Gasteiger partial charge >= 0.3 is 0 Å². The Kier molecular flexibility index (Phi) is 8.18. The summed E-state index contributed by atoms with van der Waals surface area (Å²) in [6.07, 6.45) is 3.78. The van der Waals surface area contributed by atoms with Crippen LogP contribution in [0.15, 0.2) is 69.3 Å². The Morgan fingerprint density at radius 3 is 2.32 bits per heavy atom. The van der Waals surface area contributed by atoms with Gasteiger partial charge in [-0.15, -0.1) is 0 Å². The standard InChI is InChI=1S/C29H29FN2O4S/c1-5-6-8-21-24(25-22(35-3)9-7-10-23(25)36-4)26(33)27(29(34)32-21)37-19-13-11-18(12-14-19)20-15-16-31-28(30)17(20)2/h7,9-16H,5-6,8H2,1-4H3,(H2,32,33,34). The molecule has 6 nitrogen and oxygen atoms in total. The predicted octanol–water partition coefficient (Wildman–Crippen LogP) is 6.77. The fourth-order valence-electron chi connectivity index (χ4n) is 4.27. The Morgan fingerprint density at radius 1 is 1.03 bits per heavy atom. The van der Waals surface area contributed by atoms with Gasteiger partial charge in [0.25, 0.3) is 5.56 Å². The van der Waals surface area contributed by atoms with Crippen molar-refractivity contribution in [1.29, 1.82) is 0 Å². The molecule has 4 aromatic rings. The number of nitrogens with zero attached hydrogens (tertiary/aromatic N) is 1. The largest absolute Gasteiger partial charge is 0.506 e. The second kappa shape index (κ2) is 11.5. The molecule has 192 valence electrons. The Balaban J connectivity index is 1.80. The monoisotopic (exact) mass is 520 g/mol. The number of aromatic hydroxyl groups is 1. The first-order valence-corrected chi connectivity index (χ1v) is 12.8. The number of hydrogen-bond acceptors (Lipinski definition) is 6. The highest BCUT2D eigenvalue weighted by molar-refractivity contribution is 7.99. The summed E-state index contributed by atoms with van der Waals surface area (Å²) in [5, 5.41) is 11.5. The molecular weight excluding hydrogens is 491 g/mol. The number of rotatable bonds is 9. The molecule has 0 aliphatic heterocycles. The number of ether oxygens (including phenoxy) is 2. The highest BCUT2D eigenvalue weighted by Crippen LogP contribution is 2.47. The van der Waals surface area contributed by atoms with Crippen LogP contribution in [0.5, 0.6) is 17.2 Å². The molecular formula is C29H29FN2O4S. The molecule has 8 heteroatoms. The predicted molar refractivity (Wildman–Crippen MR) is 144 cm³/mol. The van der Waals surface area contributed by atoms with E-state index in [9.17, 15) is 14.3 Å². The van der Waals surface area contributed by atoms with Crippen LogP contribution in [0, 0.1) is 12.9 Å². The number of H-pyrrole nitrogens is 1. The minimum atomic E-state index is -0.505. The van der Waals surface area contributed by atoms with E-state index in [0.717, 1.165) is 40.6 Å². The molecule has 2 N–H and O–H groups in total. The van der Waals surface area contributed by atoms with Crippen LogP contribution >= 0.6 is 11.8 Å². The van der Waals surface area contributed by atoms with Gasteiger partial charge in [0, 0.05) is 22.3 Å². The number of aromatic nitrogens is 2. The number of unbranched alkanes of at least 4 members (excludes halogenated alkanes) is 1. The minimum Gasteiger partial charge on any atom is -0.506 e. The van der Waals surface area contributed by atoms with Crippen LogP contribution < -0.4 is 15.0 Å². The normalized spacial score (nSPS) is 10.9. The molecule has 0 saturated carbocycles. The molecule has 0 aliphatic rings. The maximum Gasteiger partial charge on any atom is 0.266 e. The molecule has 0 atom stereocenters. The van der Waals surface area contributed by atoms with Gasteiger partial charge in [-0.3, -0.25) is 4.79 Å². The van der Waals surface area contributed by atoms with Gasteiger partial charge in [0.2, 0.25) is 5.95 Å². The smallest absolute Gasteiger partial charge is 0.266 e. The first kappa shape index (κ1) is 26.3. The summed E-state index contributed by atoms with van der Waals surface area (Å²) in [5.41, 5.74) is 3.37. The third-order valence-electron chi connectivity index (χ3n) is 6.21. The van der Waals surface area contributed by atoms with Gasteiger partial charge in [0.05, 0.1) is 25.3 Å². The van der Waals surface area contributed by atoms with E-state index in [4.69, 9.17) is 9.47 Å². The number of aromatic amines is 1. The molecule has 2 aromatic heterocycles. The van der Waals surface area contributed by atoms with Crippen molar-refractivity contribution in [3.8, 4) is 39.5 Å². The second-order valence-electron chi connectivity index (χ2n) is 8.53. The Morgan fingerprint density at radius 2 is 1.70 bits per heavy atom. The third-order valence-corrected chi connectivity index (χ3v) is 7.30. The van der Waals surface area contributed by atoms with Crippen molar-refractivity contribution in [3.63, 3.8) is 0 Å². The highest BCUT2D eigenvalue weighted by Gasteiger charge is 2.24. The number of benzene rings is 2. The molecule has 0 fully saturated rings. The van der Waals surface area contributed by atoms with E-state index in [0.29, 0.717) is 40.3 Å². The second-order valence-corrected chi connectivity index (χ2v) is 9.61. The third kappa shape index (κ3) is 5.34. The van der Waals surface area contributed by atoms with Gasteiger partial charge in [0.15, 0.2) is 0 Å². The molecule has 0 saturated heterocycles. The van der Waals surface area contributed by atoms with Gasteiger partial charge in [-0.25, -0.2) is 4.98 Å². The van der Waals surface area contributed by atoms with Crippen LogP contribution in [0.1, 0.15) is 31.0 Å². The molecule has 0 amide bonds. The number of pyridine rings is 2. The lowest BCUT2D eigenvalue weighted by atomic mass is 9.98. The van der Waals surface area contributed by atoms with E-state index in [2.05, 4.69) is 16.9 Å². The fraction of sp³-hybridized carbons (Fsp3) is 0.241. The first-order chi connectivity index (χ1) is 17.9. The minimum absolute atomic E-state index is 0.126. The van der Waals surface area contributed by atoms with Gasteiger partial charge < -0.3 is 19.6 Å². The molecule has 0 radical (unpaired) electrons. The maximum atomic E-state index is 13.9. The van der Waals surface area contributed by atoms with E-state index in [1.807, 2.05) is 30.3 Å². The van der Waals surface area contributed by atoms with Gasteiger partial charge in [-0.05, 0) is 61.2 Å². The van der Waals surface area contributed by atoms with Crippen molar-refractivity contribution in [1.82, 2.24) is 9.97 Å². The van der Waals surface area contributed by atoms with E-state index in [1.165, 1.54) is 6.20 Å². The van der Waals surface area contributed by atoms with Gasteiger partial charge in [-0.1, -0.05) is 43.3 Å². The zero-order valence-electron chi connectivity index (χ0n) is 21.2. The van der Waals surface area contributed by atoms with Crippen LogP contribution in [-0.4, -0.2) is 29.3 Å². The van der Waals surface area contributed by atoms with Crippen LogP contribution in [0.2, 0.25) is 0 Å². The molecule has 0 bridgehead atoms. The number of halogens is 1. The van der Waals surface area contributed by atoms with Crippen LogP contribution in [0.3, 0.4) is 0 Å². The van der Waals surface area contributed by atoms with Crippen molar-refractivity contribution in [2.45, 2.75) is 42.9 Å². The van der Waals surface area contributed by atoms with Gasteiger partial charge in [0.1, 0.15) is 22.1 Å². The van der Waals surface area contributed by atoms with Crippen molar-refractivity contribution in [2.75, 3.05) is 14.2 Å². The highest BCUT2D eigenvalue weighted by atomic mass is 32.2. The van der Waals surface area contributed by atoms with E-state index in [1.54, 1.807) is 39.3 Å². The number of nitrogens with one attached hydrogen (secondary N) is 1. The first-order valence-electron chi connectivity index (χ1n) is 12.0. The summed E-state index contributed by atoms with van der Waals surface area (Å²) < 4.78 is 25.1. The van der Waals surface area contributed by atoms with Crippen molar-refractivity contribution in [2.24, 2.45) is 0 Å². The maximum absolute atomic E-state index is 13.9. The summed E-state index contributed by atoms with van der Waals surface area (Å²) in [5.74, 6) is 0.424. The molecule has 2 heterocycles. The topological polar surface area (TPSA) is 84.4 Å². The summed E-state index contributed by atoms with van der Waals surface area (Å²) in [6.45, 7) is 3.75. The zero-order chi connectivity index (χ0) is 26.5. The quantitative estimate of drug-likeness (QED) is 0.237.